The van der Waals surface area contributed by atoms with Crippen LogP contribution >= 0.6 is 0 Å². The van der Waals surface area contributed by atoms with E-state index in [0.717, 1.165) is 0 Å². The maximum atomic E-state index is 11.2. The van der Waals surface area contributed by atoms with Crippen molar-refractivity contribution in [2.24, 2.45) is 0 Å². The van der Waals surface area contributed by atoms with E-state index in [4.69, 9.17) is 10.2 Å². The van der Waals surface area contributed by atoms with Crippen LogP contribution in [0.4, 0.5) is 4.79 Å². The van der Waals surface area contributed by atoms with Crippen molar-refractivity contribution >= 4 is 12.1 Å². The van der Waals surface area contributed by atoms with Crippen molar-refractivity contribution in [2.45, 2.75) is 6.10 Å². The summed E-state index contributed by atoms with van der Waals surface area (Å²) >= 11 is 0. The average molecular weight is 238 g/mol. The van der Waals surface area contributed by atoms with Crippen LogP contribution in [0.1, 0.15) is 0 Å². The first-order valence-corrected chi connectivity index (χ1v) is 4.66. The second-order valence-corrected chi connectivity index (χ2v) is 2.93. The number of aliphatic hydroxyl groups excluding tert-OH is 2. The van der Waals surface area contributed by atoms with E-state index in [2.05, 4.69) is 9.47 Å². The molecule has 1 unspecified atom stereocenters. The smallest absolute Gasteiger partial charge is 0.395 e. The van der Waals surface area contributed by atoms with Gasteiger partial charge in [0.2, 0.25) is 5.76 Å². The lowest BCUT2D eigenvalue weighted by molar-refractivity contribution is 0.0620. The minimum atomic E-state index is -1.60. The molecule has 0 amide bonds. The van der Waals surface area contributed by atoms with E-state index >= 15 is 0 Å². The predicted octanol–water partition coefficient (Wildman–Crippen LogP) is 0.271. The van der Waals surface area contributed by atoms with E-state index in [9.17, 15) is 9.59 Å². The third-order valence-electron chi connectivity index (χ3n) is 1.71. The molecular weight excluding hydrogens is 228 g/mol. The number of hydrogen-bond donors (Lipinski definition) is 2. The van der Waals surface area contributed by atoms with Crippen LogP contribution in [0.3, 0.4) is 0 Å². The van der Waals surface area contributed by atoms with Crippen molar-refractivity contribution < 1.29 is 29.3 Å². The Balaban J connectivity index is 2.58. The maximum Gasteiger partial charge on any atom is 0.519 e. The molecule has 0 aliphatic rings. The number of hydrogen-bond acceptors (Lipinski definition) is 6. The second kappa shape index (κ2) is 6.44. The van der Waals surface area contributed by atoms with Gasteiger partial charge < -0.3 is 19.7 Å². The van der Waals surface area contributed by atoms with Crippen LogP contribution in [0.25, 0.3) is 0 Å². The van der Waals surface area contributed by atoms with E-state index in [1.807, 2.05) is 0 Å². The Bertz CT molecular complexity index is 421. The van der Waals surface area contributed by atoms with Crippen LogP contribution in [-0.2, 0) is 9.53 Å². The first-order valence-electron chi connectivity index (χ1n) is 4.66. The third-order valence-corrected chi connectivity index (χ3v) is 1.71. The van der Waals surface area contributed by atoms with Gasteiger partial charge in [0, 0.05) is 0 Å². The largest absolute Gasteiger partial charge is 0.519 e. The van der Waals surface area contributed by atoms with Crippen LogP contribution in [-0.4, -0.2) is 35.0 Å². The molecule has 90 valence electrons. The number of rotatable bonds is 4. The standard InChI is InChI=1S/C11H10O6/c12-6-9(14)10(7-13)17-11(15)16-8-4-2-1-3-5-8/h1-5,9,12,14H,6H2. The van der Waals surface area contributed by atoms with Gasteiger partial charge in [-0.25, -0.2) is 9.59 Å². The molecule has 17 heavy (non-hydrogen) atoms. The van der Waals surface area contributed by atoms with Crippen LogP contribution in [0.15, 0.2) is 36.1 Å². The van der Waals surface area contributed by atoms with E-state index in [0.29, 0.717) is 0 Å². The monoisotopic (exact) mass is 238 g/mol. The molecule has 1 rings (SSSR count). The molecule has 0 aliphatic carbocycles. The first-order chi connectivity index (χ1) is 8.17. The SMILES string of the molecule is O=C=C(OC(=O)Oc1ccccc1)C(O)CO. The fourth-order valence-electron chi connectivity index (χ4n) is 0.935. The van der Waals surface area contributed by atoms with Crippen molar-refractivity contribution in [1.82, 2.24) is 0 Å². The van der Waals surface area contributed by atoms with E-state index in [1.165, 1.54) is 18.1 Å². The van der Waals surface area contributed by atoms with Gasteiger partial charge in [-0.05, 0) is 12.1 Å². The van der Waals surface area contributed by atoms with Gasteiger partial charge in [-0.15, -0.1) is 0 Å². The summed E-state index contributed by atoms with van der Waals surface area (Å²) in [6, 6.07) is 8.02. The lowest BCUT2D eigenvalue weighted by atomic mass is 10.3. The van der Waals surface area contributed by atoms with E-state index < -0.39 is 24.6 Å². The van der Waals surface area contributed by atoms with Crippen molar-refractivity contribution in [2.75, 3.05) is 6.61 Å². The summed E-state index contributed by atoms with van der Waals surface area (Å²) in [4.78, 5) is 21.5. The van der Waals surface area contributed by atoms with Gasteiger partial charge in [-0.1, -0.05) is 18.2 Å². The Morgan fingerprint density at radius 3 is 2.53 bits per heavy atom. The Kier molecular flexibility index (Phi) is 4.90. The lowest BCUT2D eigenvalue weighted by Crippen LogP contribution is -2.22. The Labute approximate surface area is 96.7 Å². The highest BCUT2D eigenvalue weighted by atomic mass is 16.7. The summed E-state index contributed by atoms with van der Waals surface area (Å²) in [6.07, 6.45) is -2.79. The van der Waals surface area contributed by atoms with Gasteiger partial charge in [0.05, 0.1) is 6.61 Å². The molecule has 0 saturated carbocycles. The Morgan fingerprint density at radius 2 is 2.00 bits per heavy atom. The molecule has 1 atom stereocenters. The van der Waals surface area contributed by atoms with Gasteiger partial charge in [0.15, 0.2) is 5.94 Å². The molecule has 1 aromatic rings. The summed E-state index contributed by atoms with van der Waals surface area (Å²) in [6.45, 7) is -0.761. The summed E-state index contributed by atoms with van der Waals surface area (Å²) < 4.78 is 9.07. The molecule has 0 fully saturated rings. The van der Waals surface area contributed by atoms with Crippen LogP contribution < -0.4 is 4.74 Å². The molecule has 0 radical (unpaired) electrons. The molecular formula is C11H10O6. The van der Waals surface area contributed by atoms with Crippen LogP contribution in [0.5, 0.6) is 5.75 Å². The lowest BCUT2D eigenvalue weighted by Gasteiger charge is -2.09. The molecule has 2 N–H and O–H groups in total. The molecule has 0 saturated heterocycles. The second-order valence-electron chi connectivity index (χ2n) is 2.93. The van der Waals surface area contributed by atoms with Gasteiger partial charge >= 0.3 is 6.16 Å². The van der Waals surface area contributed by atoms with Crippen molar-refractivity contribution in [3.05, 3.63) is 36.1 Å². The van der Waals surface area contributed by atoms with Crippen molar-refractivity contribution in [3.63, 3.8) is 0 Å². The van der Waals surface area contributed by atoms with Crippen molar-refractivity contribution in [3.8, 4) is 5.75 Å². The topological polar surface area (TPSA) is 93.1 Å². The van der Waals surface area contributed by atoms with Gasteiger partial charge in [-0.2, -0.15) is 0 Å². The number of aliphatic hydroxyl groups is 2. The summed E-state index contributed by atoms with van der Waals surface area (Å²) in [5.41, 5.74) is 0. The van der Waals surface area contributed by atoms with Gasteiger partial charge in [-0.3, -0.25) is 0 Å². The highest BCUT2D eigenvalue weighted by Crippen LogP contribution is 2.10. The van der Waals surface area contributed by atoms with Gasteiger partial charge in [0.1, 0.15) is 11.9 Å². The zero-order valence-corrected chi connectivity index (χ0v) is 8.70. The molecule has 6 nitrogen and oxygen atoms in total. The Hall–Kier alpha value is -2.14. The minimum absolute atomic E-state index is 0.223. The first kappa shape index (κ1) is 12.9. The van der Waals surface area contributed by atoms with E-state index in [-0.39, 0.29) is 5.75 Å². The van der Waals surface area contributed by atoms with Crippen molar-refractivity contribution in [1.29, 1.82) is 0 Å². The molecule has 0 spiro atoms. The fraction of sp³-hybridized carbons (Fsp3) is 0.182. The molecule has 1 aromatic carbocycles. The average Bonchev–Trinajstić information content (AvgIpc) is 2.36. The predicted molar refractivity (Wildman–Crippen MR) is 55.9 cm³/mol. The molecule has 0 heterocycles. The van der Waals surface area contributed by atoms with Gasteiger partial charge in [0.25, 0.3) is 0 Å². The van der Waals surface area contributed by atoms with E-state index in [1.54, 1.807) is 18.2 Å². The highest BCUT2D eigenvalue weighted by molar-refractivity contribution is 5.68. The number of carbonyl (C=O) groups excluding carboxylic acids is 2. The molecule has 6 heteroatoms. The summed E-state index contributed by atoms with van der Waals surface area (Å²) in [5.74, 6) is 0.698. The minimum Gasteiger partial charge on any atom is -0.395 e. The molecule has 0 aliphatic heterocycles. The summed E-state index contributed by atoms with van der Waals surface area (Å²) in [5, 5.41) is 17.6. The quantitative estimate of drug-likeness (QED) is 0.338. The third kappa shape index (κ3) is 4.08. The fourth-order valence-corrected chi connectivity index (χ4v) is 0.935. The normalized spacial score (nSPS) is 11.2. The zero-order valence-electron chi connectivity index (χ0n) is 8.70. The number of ether oxygens (including phenoxy) is 2. The number of benzene rings is 1. The maximum absolute atomic E-state index is 11.2. The van der Waals surface area contributed by atoms with Crippen LogP contribution in [0.2, 0.25) is 0 Å². The summed E-state index contributed by atoms with van der Waals surface area (Å²) in [7, 11) is 0. The number of carbonyl (C=O) groups is 1. The highest BCUT2D eigenvalue weighted by Gasteiger charge is 2.18. The molecule has 0 aromatic heterocycles. The molecule has 0 bridgehead atoms. The zero-order chi connectivity index (χ0) is 12.7. The number of para-hydroxylation sites is 1. The van der Waals surface area contributed by atoms with Crippen LogP contribution in [0, 0.1) is 0 Å². The Morgan fingerprint density at radius 1 is 1.35 bits per heavy atom.